The number of aromatic nitrogens is 4. The highest BCUT2D eigenvalue weighted by molar-refractivity contribution is 6.22. The van der Waals surface area contributed by atoms with Crippen molar-refractivity contribution < 1.29 is 18.0 Å². The molecule has 1 aliphatic heterocycles. The van der Waals surface area contributed by atoms with E-state index in [1.807, 2.05) is 0 Å². The molecule has 2 aromatic rings. The van der Waals surface area contributed by atoms with E-state index >= 15 is 0 Å². The van der Waals surface area contributed by atoms with Gasteiger partial charge in [-0.15, -0.1) is 5.10 Å². The number of allylic oxidation sites excluding steroid dienone is 1. The molecule has 0 radical (unpaired) electrons. The summed E-state index contributed by atoms with van der Waals surface area (Å²) in [5.41, 5.74) is -0.0718. The van der Waals surface area contributed by atoms with Gasteiger partial charge in [-0.2, -0.15) is 17.9 Å². The molecule has 0 amide bonds. The Morgan fingerprint density at radius 1 is 1.04 bits per heavy atom. The van der Waals surface area contributed by atoms with Crippen LogP contribution in [0.2, 0.25) is 0 Å². The first-order valence-electron chi connectivity index (χ1n) is 8.38. The first-order valence-corrected chi connectivity index (χ1v) is 8.38. The number of para-hydroxylation sites is 1. The minimum atomic E-state index is -5.01. The normalized spacial score (nSPS) is 16.4. The summed E-state index contributed by atoms with van der Waals surface area (Å²) in [6.07, 6.45) is 0.0297. The highest BCUT2D eigenvalue weighted by atomic mass is 19.4. The Labute approximate surface area is 148 Å². The number of nitrogens with zero attached hydrogens (tertiary/aromatic N) is 5. The van der Waals surface area contributed by atoms with Crippen LogP contribution in [0.25, 0.3) is 11.3 Å². The zero-order valence-electron chi connectivity index (χ0n) is 14.0. The number of carbonyl (C=O) groups excluding carboxylic acids is 1. The van der Waals surface area contributed by atoms with Gasteiger partial charge in [-0.3, -0.25) is 4.79 Å². The summed E-state index contributed by atoms with van der Waals surface area (Å²) in [6.45, 7) is 1.20. The summed E-state index contributed by atoms with van der Waals surface area (Å²) in [5.74, 6) is -2.17. The predicted molar refractivity (Wildman–Crippen MR) is 88.2 cm³/mol. The van der Waals surface area contributed by atoms with Gasteiger partial charge in [0, 0.05) is 19.3 Å². The van der Waals surface area contributed by atoms with Gasteiger partial charge in [0.05, 0.1) is 11.3 Å². The molecule has 9 heteroatoms. The molecule has 1 aromatic heterocycles. The Balaban J connectivity index is 2.05. The minimum Gasteiger partial charge on any atom is -0.377 e. The van der Waals surface area contributed by atoms with E-state index in [1.165, 1.54) is 6.20 Å². The number of Topliss-reactive ketones (excluding diaryl/α,β-unsaturated/α-hetero) is 1. The summed E-state index contributed by atoms with van der Waals surface area (Å²) >= 11 is 0. The van der Waals surface area contributed by atoms with E-state index in [4.69, 9.17) is 0 Å². The fourth-order valence-corrected chi connectivity index (χ4v) is 2.88. The molecule has 138 valence electrons. The van der Waals surface area contributed by atoms with Gasteiger partial charge < -0.3 is 4.90 Å². The second-order valence-electron chi connectivity index (χ2n) is 6.07. The molecular formula is C17H18F3N5O. The van der Waals surface area contributed by atoms with E-state index < -0.39 is 17.5 Å². The first-order chi connectivity index (χ1) is 12.5. The van der Waals surface area contributed by atoms with Crippen LogP contribution in [0.4, 0.5) is 13.2 Å². The topological polar surface area (TPSA) is 63.9 Å². The van der Waals surface area contributed by atoms with Gasteiger partial charge >= 0.3 is 6.18 Å². The van der Waals surface area contributed by atoms with Gasteiger partial charge in [0.2, 0.25) is 0 Å². The number of rotatable bonds is 4. The van der Waals surface area contributed by atoms with E-state index in [1.54, 1.807) is 35.2 Å². The van der Waals surface area contributed by atoms with Crippen LogP contribution < -0.4 is 0 Å². The largest absolute Gasteiger partial charge is 0.455 e. The van der Waals surface area contributed by atoms with Crippen molar-refractivity contribution in [1.29, 1.82) is 0 Å². The van der Waals surface area contributed by atoms with Gasteiger partial charge in [0.25, 0.3) is 5.78 Å². The summed E-state index contributed by atoms with van der Waals surface area (Å²) < 4.78 is 40.7. The molecular weight excluding hydrogens is 347 g/mol. The fourth-order valence-electron chi connectivity index (χ4n) is 2.88. The molecule has 0 atom stereocenters. The Hall–Kier alpha value is -2.71. The molecule has 26 heavy (non-hydrogen) atoms. The third kappa shape index (κ3) is 4.09. The SMILES string of the molecule is O=C(C(=CN1CCCCCC1)c1nnnn1-c1ccccc1)C(F)(F)F. The van der Waals surface area contributed by atoms with Gasteiger partial charge in [-0.25, -0.2) is 0 Å². The van der Waals surface area contributed by atoms with E-state index in [2.05, 4.69) is 15.5 Å². The van der Waals surface area contributed by atoms with Gasteiger partial charge in [-0.05, 0) is 35.4 Å². The molecule has 1 aromatic carbocycles. The smallest absolute Gasteiger partial charge is 0.377 e. The van der Waals surface area contributed by atoms with Crippen molar-refractivity contribution in [1.82, 2.24) is 25.1 Å². The molecule has 2 heterocycles. The number of carbonyl (C=O) groups is 1. The van der Waals surface area contributed by atoms with Crippen molar-refractivity contribution in [2.45, 2.75) is 31.9 Å². The van der Waals surface area contributed by atoms with Gasteiger partial charge in [0.15, 0.2) is 5.82 Å². The number of alkyl halides is 3. The molecule has 0 aliphatic carbocycles. The average Bonchev–Trinajstić information content (AvgIpc) is 2.96. The second-order valence-corrected chi connectivity index (χ2v) is 6.07. The van der Waals surface area contributed by atoms with Crippen LogP contribution in [0.3, 0.4) is 0 Å². The number of hydrogen-bond acceptors (Lipinski definition) is 5. The maximum absolute atomic E-state index is 13.2. The van der Waals surface area contributed by atoms with Crippen LogP contribution in [0.5, 0.6) is 0 Å². The summed E-state index contributed by atoms with van der Waals surface area (Å²) in [7, 11) is 0. The number of benzene rings is 1. The Bertz CT molecular complexity index is 777. The van der Waals surface area contributed by atoms with Crippen LogP contribution in [0, 0.1) is 0 Å². The third-order valence-electron chi connectivity index (χ3n) is 4.17. The molecule has 6 nitrogen and oxygen atoms in total. The first kappa shape index (κ1) is 18.1. The molecule has 0 saturated carbocycles. The van der Waals surface area contributed by atoms with Crippen molar-refractivity contribution in [3.8, 4) is 5.69 Å². The minimum absolute atomic E-state index is 0.220. The highest BCUT2D eigenvalue weighted by Crippen LogP contribution is 2.27. The maximum Gasteiger partial charge on any atom is 0.455 e. The molecule has 0 unspecified atom stereocenters. The second kappa shape index (κ2) is 7.67. The van der Waals surface area contributed by atoms with Gasteiger partial charge in [-0.1, -0.05) is 31.0 Å². The Kier molecular flexibility index (Phi) is 5.34. The Morgan fingerprint density at radius 3 is 2.31 bits per heavy atom. The third-order valence-corrected chi connectivity index (χ3v) is 4.17. The lowest BCUT2D eigenvalue weighted by Gasteiger charge is -2.19. The zero-order valence-corrected chi connectivity index (χ0v) is 14.0. The maximum atomic E-state index is 13.2. The number of ketones is 1. The van der Waals surface area contributed by atoms with Crippen LogP contribution in [0.15, 0.2) is 36.5 Å². The van der Waals surface area contributed by atoms with Crippen LogP contribution in [-0.2, 0) is 4.79 Å². The lowest BCUT2D eigenvalue weighted by molar-refractivity contribution is -0.164. The molecule has 1 aliphatic rings. The molecule has 0 N–H and O–H groups in total. The number of halogens is 3. The standard InChI is InChI=1S/C17H18F3N5O/c18-17(19,20)15(26)14(12-24-10-6-1-2-7-11-24)16-21-22-23-25(16)13-8-4-3-5-9-13/h3-5,8-9,12H,1-2,6-7,10-11H2. The van der Waals surface area contributed by atoms with Crippen LogP contribution in [0.1, 0.15) is 31.5 Å². The predicted octanol–water partition coefficient (Wildman–Crippen LogP) is 3.01. The molecule has 0 spiro atoms. The Morgan fingerprint density at radius 2 is 1.69 bits per heavy atom. The summed E-state index contributed by atoms with van der Waals surface area (Å²) in [6, 6.07) is 8.50. The number of likely N-dealkylation sites (tertiary alicyclic amines) is 1. The van der Waals surface area contributed by atoms with Crippen LogP contribution >= 0.6 is 0 Å². The van der Waals surface area contributed by atoms with Crippen LogP contribution in [-0.4, -0.2) is 50.2 Å². The summed E-state index contributed by atoms with van der Waals surface area (Å²) in [5, 5.41) is 10.9. The van der Waals surface area contributed by atoms with Crippen molar-refractivity contribution in [2.75, 3.05) is 13.1 Å². The molecule has 1 fully saturated rings. The quantitative estimate of drug-likeness (QED) is 0.780. The lowest BCUT2D eigenvalue weighted by atomic mass is 10.1. The zero-order chi connectivity index (χ0) is 18.6. The highest BCUT2D eigenvalue weighted by Gasteiger charge is 2.43. The monoisotopic (exact) mass is 365 g/mol. The van der Waals surface area contributed by atoms with Gasteiger partial charge in [0.1, 0.15) is 0 Å². The number of hydrogen-bond donors (Lipinski definition) is 0. The van der Waals surface area contributed by atoms with Crippen molar-refractivity contribution in [2.24, 2.45) is 0 Å². The fraction of sp³-hybridized carbons (Fsp3) is 0.412. The van der Waals surface area contributed by atoms with Crippen molar-refractivity contribution in [3.05, 3.63) is 42.4 Å². The molecule has 0 bridgehead atoms. The number of tetrazole rings is 1. The van der Waals surface area contributed by atoms with E-state index in [0.717, 1.165) is 30.4 Å². The lowest BCUT2D eigenvalue weighted by Crippen LogP contribution is -2.28. The molecule has 3 rings (SSSR count). The average molecular weight is 365 g/mol. The van der Waals surface area contributed by atoms with Crippen molar-refractivity contribution in [3.63, 3.8) is 0 Å². The van der Waals surface area contributed by atoms with Crippen molar-refractivity contribution >= 4 is 11.4 Å². The summed E-state index contributed by atoms with van der Waals surface area (Å²) in [4.78, 5) is 13.8. The molecule has 1 saturated heterocycles. The van der Waals surface area contributed by atoms with E-state index in [-0.39, 0.29) is 5.82 Å². The van der Waals surface area contributed by atoms with E-state index in [9.17, 15) is 18.0 Å². The van der Waals surface area contributed by atoms with E-state index in [0.29, 0.717) is 18.8 Å².